The average Bonchev–Trinajstić information content (AvgIpc) is 3.03. The van der Waals surface area contributed by atoms with E-state index in [4.69, 9.17) is 4.42 Å². The van der Waals surface area contributed by atoms with E-state index in [1.807, 2.05) is 45.0 Å². The number of nitrogens with zero attached hydrogens (tertiary/aromatic N) is 2. The van der Waals surface area contributed by atoms with Crippen LogP contribution in [0.25, 0.3) is 11.5 Å². The van der Waals surface area contributed by atoms with Crippen LogP contribution in [0.1, 0.15) is 45.1 Å². The van der Waals surface area contributed by atoms with Crippen LogP contribution in [-0.4, -0.2) is 16.0 Å². The molecule has 1 aromatic heterocycles. The van der Waals surface area contributed by atoms with Crippen LogP contribution in [-0.2, 0) is 5.75 Å². The summed E-state index contributed by atoms with van der Waals surface area (Å²) in [5.74, 6) is 1.33. The molecule has 0 unspecified atom stereocenters. The van der Waals surface area contributed by atoms with Gasteiger partial charge in [-0.05, 0) is 68.5 Å². The second-order valence-electron chi connectivity index (χ2n) is 6.52. The molecule has 3 aromatic rings. The molecule has 0 bridgehead atoms. The van der Waals surface area contributed by atoms with Crippen LogP contribution in [0.15, 0.2) is 40.0 Å². The fraction of sp³-hybridized carbons (Fsp3) is 0.286. The molecule has 0 aliphatic carbocycles. The predicted octanol–water partition coefficient (Wildman–Crippen LogP) is 5.47. The van der Waals surface area contributed by atoms with Gasteiger partial charge in [-0.3, -0.25) is 4.79 Å². The number of carbonyl (C=O) groups is 1. The zero-order valence-electron chi connectivity index (χ0n) is 15.7. The number of thioether (sulfide) groups is 1. The highest BCUT2D eigenvalue weighted by molar-refractivity contribution is 7.98. The number of carbonyl (C=O) groups excluding carboxylic acids is 1. The molecular weight excluding hydrogens is 344 g/mol. The maximum atomic E-state index is 12.0. The Bertz CT molecular complexity index is 976. The fourth-order valence-corrected chi connectivity index (χ4v) is 4.26. The Morgan fingerprint density at radius 1 is 1.04 bits per heavy atom. The highest BCUT2D eigenvalue weighted by Crippen LogP contribution is 2.31. The quantitative estimate of drug-likeness (QED) is 0.443. The molecule has 3 rings (SSSR count). The standard InChI is InChI=1S/C21H22N2O2S/c1-12-8-6-7-9-17(12)20-22-23-21(25-20)26-11-18-13(2)10-14(3)19(15(18)4)16(5)24/h6-10H,11H2,1-5H3. The van der Waals surface area contributed by atoms with Crippen molar-refractivity contribution >= 4 is 17.5 Å². The molecule has 0 aliphatic heterocycles. The van der Waals surface area contributed by atoms with Crippen molar-refractivity contribution in [3.05, 3.63) is 63.7 Å². The molecule has 0 saturated heterocycles. The number of aryl methyl sites for hydroxylation is 3. The highest BCUT2D eigenvalue weighted by Gasteiger charge is 2.16. The first-order valence-corrected chi connectivity index (χ1v) is 9.50. The summed E-state index contributed by atoms with van der Waals surface area (Å²) in [6, 6.07) is 10.0. The lowest BCUT2D eigenvalue weighted by Gasteiger charge is -2.15. The van der Waals surface area contributed by atoms with E-state index in [2.05, 4.69) is 23.2 Å². The summed E-state index contributed by atoms with van der Waals surface area (Å²) in [7, 11) is 0. The van der Waals surface area contributed by atoms with E-state index in [0.29, 0.717) is 16.9 Å². The van der Waals surface area contributed by atoms with Gasteiger partial charge in [-0.25, -0.2) is 0 Å². The number of rotatable bonds is 5. The average molecular weight is 366 g/mol. The molecule has 4 nitrogen and oxygen atoms in total. The number of aromatic nitrogens is 2. The van der Waals surface area contributed by atoms with Gasteiger partial charge < -0.3 is 4.42 Å². The molecule has 0 fully saturated rings. The number of ketones is 1. The van der Waals surface area contributed by atoms with Crippen molar-refractivity contribution in [1.29, 1.82) is 0 Å². The van der Waals surface area contributed by atoms with Crippen LogP contribution < -0.4 is 0 Å². The van der Waals surface area contributed by atoms with Crippen molar-refractivity contribution in [3.63, 3.8) is 0 Å². The van der Waals surface area contributed by atoms with Gasteiger partial charge in [0.1, 0.15) is 0 Å². The van der Waals surface area contributed by atoms with Crippen LogP contribution in [0.4, 0.5) is 0 Å². The lowest BCUT2D eigenvalue weighted by Crippen LogP contribution is -2.05. The zero-order valence-corrected chi connectivity index (χ0v) is 16.5. The first-order valence-electron chi connectivity index (χ1n) is 8.51. The first-order chi connectivity index (χ1) is 12.4. The lowest BCUT2D eigenvalue weighted by molar-refractivity contribution is 0.101. The summed E-state index contributed by atoms with van der Waals surface area (Å²) in [6.07, 6.45) is 0. The van der Waals surface area contributed by atoms with Gasteiger partial charge in [-0.15, -0.1) is 10.2 Å². The largest absolute Gasteiger partial charge is 0.411 e. The third-order valence-electron chi connectivity index (χ3n) is 4.61. The summed E-state index contributed by atoms with van der Waals surface area (Å²) in [5, 5.41) is 8.87. The second-order valence-corrected chi connectivity index (χ2v) is 7.45. The summed E-state index contributed by atoms with van der Waals surface area (Å²) in [4.78, 5) is 12.0. The van der Waals surface area contributed by atoms with Crippen molar-refractivity contribution < 1.29 is 9.21 Å². The summed E-state index contributed by atoms with van der Waals surface area (Å²) in [5.41, 5.74) is 7.27. The number of hydrogen-bond acceptors (Lipinski definition) is 5. The van der Waals surface area contributed by atoms with E-state index >= 15 is 0 Å². The molecule has 2 aromatic carbocycles. The molecule has 0 spiro atoms. The van der Waals surface area contributed by atoms with E-state index in [1.54, 1.807) is 6.92 Å². The SMILES string of the molecule is CC(=O)c1c(C)cc(C)c(CSc2nnc(-c3ccccc3C)o2)c1C. The number of Topliss-reactive ketones (excluding diaryl/α,β-unsaturated/α-hetero) is 1. The molecule has 5 heteroatoms. The van der Waals surface area contributed by atoms with Gasteiger partial charge in [0.15, 0.2) is 5.78 Å². The molecular formula is C21H22N2O2S. The van der Waals surface area contributed by atoms with Crippen LogP contribution in [0.2, 0.25) is 0 Å². The topological polar surface area (TPSA) is 56.0 Å². The molecule has 0 atom stereocenters. The molecule has 26 heavy (non-hydrogen) atoms. The van der Waals surface area contributed by atoms with E-state index in [-0.39, 0.29) is 5.78 Å². The van der Waals surface area contributed by atoms with E-state index in [1.165, 1.54) is 17.3 Å². The van der Waals surface area contributed by atoms with Crippen LogP contribution in [0.5, 0.6) is 0 Å². The Balaban J connectivity index is 1.84. The lowest BCUT2D eigenvalue weighted by atomic mass is 9.92. The molecule has 1 heterocycles. The van der Waals surface area contributed by atoms with Crippen LogP contribution >= 0.6 is 11.8 Å². The third-order valence-corrected chi connectivity index (χ3v) is 5.45. The monoisotopic (exact) mass is 366 g/mol. The Morgan fingerprint density at radius 3 is 2.46 bits per heavy atom. The Hall–Kier alpha value is -2.40. The normalized spacial score (nSPS) is 11.0. The van der Waals surface area contributed by atoms with Crippen LogP contribution in [0, 0.1) is 27.7 Å². The molecule has 0 saturated carbocycles. The summed E-state index contributed by atoms with van der Waals surface area (Å²) >= 11 is 1.50. The number of hydrogen-bond donors (Lipinski definition) is 0. The van der Waals surface area contributed by atoms with E-state index in [0.717, 1.165) is 33.4 Å². The minimum Gasteiger partial charge on any atom is -0.411 e. The van der Waals surface area contributed by atoms with Crippen molar-refractivity contribution in [2.45, 2.75) is 45.6 Å². The molecule has 0 radical (unpaired) electrons. The minimum absolute atomic E-state index is 0.103. The van der Waals surface area contributed by atoms with Gasteiger partial charge in [0.05, 0.1) is 0 Å². The van der Waals surface area contributed by atoms with Crippen molar-refractivity contribution in [3.8, 4) is 11.5 Å². The second kappa shape index (κ2) is 7.46. The first kappa shape index (κ1) is 18.4. The van der Waals surface area contributed by atoms with Crippen molar-refractivity contribution in [2.24, 2.45) is 0 Å². The fourth-order valence-electron chi connectivity index (χ4n) is 3.31. The van der Waals surface area contributed by atoms with Crippen molar-refractivity contribution in [1.82, 2.24) is 10.2 Å². The van der Waals surface area contributed by atoms with E-state index in [9.17, 15) is 4.79 Å². The smallest absolute Gasteiger partial charge is 0.277 e. The molecule has 0 amide bonds. The Kier molecular flexibility index (Phi) is 5.28. The van der Waals surface area contributed by atoms with Gasteiger partial charge in [-0.1, -0.05) is 36.0 Å². The number of benzene rings is 2. The van der Waals surface area contributed by atoms with Crippen LogP contribution in [0.3, 0.4) is 0 Å². The zero-order chi connectivity index (χ0) is 18.8. The maximum absolute atomic E-state index is 12.0. The van der Waals surface area contributed by atoms with Gasteiger partial charge in [0.25, 0.3) is 5.22 Å². The minimum atomic E-state index is 0.103. The molecule has 0 aliphatic rings. The Morgan fingerprint density at radius 2 is 1.77 bits per heavy atom. The third kappa shape index (κ3) is 3.58. The van der Waals surface area contributed by atoms with Gasteiger partial charge in [0, 0.05) is 16.9 Å². The van der Waals surface area contributed by atoms with Gasteiger partial charge >= 0.3 is 0 Å². The van der Waals surface area contributed by atoms with E-state index < -0.39 is 0 Å². The van der Waals surface area contributed by atoms with Gasteiger partial charge in [-0.2, -0.15) is 0 Å². The Labute approximate surface area is 158 Å². The molecule has 134 valence electrons. The maximum Gasteiger partial charge on any atom is 0.277 e. The summed E-state index contributed by atoms with van der Waals surface area (Å²) in [6.45, 7) is 9.72. The highest BCUT2D eigenvalue weighted by atomic mass is 32.2. The van der Waals surface area contributed by atoms with Gasteiger partial charge in [0.2, 0.25) is 5.89 Å². The predicted molar refractivity (Wildman–Crippen MR) is 105 cm³/mol. The molecule has 0 N–H and O–H groups in total. The summed E-state index contributed by atoms with van der Waals surface area (Å²) < 4.78 is 5.83. The van der Waals surface area contributed by atoms with Crippen molar-refractivity contribution in [2.75, 3.05) is 0 Å².